The molecule has 16 heavy (non-hydrogen) atoms. The Morgan fingerprint density at radius 1 is 1.38 bits per heavy atom. The summed E-state index contributed by atoms with van der Waals surface area (Å²) in [6, 6.07) is 5.68. The summed E-state index contributed by atoms with van der Waals surface area (Å²) in [6.45, 7) is 4.14. The van der Waals surface area contributed by atoms with Crippen molar-refractivity contribution in [3.05, 3.63) is 35.1 Å². The van der Waals surface area contributed by atoms with Gasteiger partial charge in [0.1, 0.15) is 5.82 Å². The fourth-order valence-electron chi connectivity index (χ4n) is 3.15. The normalized spacial score (nSPS) is 27.0. The molecule has 1 aromatic rings. The summed E-state index contributed by atoms with van der Waals surface area (Å²) in [5.74, 6) is 0.682. The monoisotopic (exact) mass is 219 g/mol. The lowest BCUT2D eigenvalue weighted by atomic mass is 9.81. The molecular weight excluding hydrogens is 201 g/mol. The summed E-state index contributed by atoms with van der Waals surface area (Å²) in [6.07, 6.45) is 3.84. The summed E-state index contributed by atoms with van der Waals surface area (Å²) < 4.78 is 13.3. The fourth-order valence-corrected chi connectivity index (χ4v) is 3.15. The van der Waals surface area contributed by atoms with Gasteiger partial charge in [0.2, 0.25) is 0 Å². The van der Waals surface area contributed by atoms with Crippen molar-refractivity contribution in [2.24, 2.45) is 5.92 Å². The predicted molar refractivity (Wildman–Crippen MR) is 63.0 cm³/mol. The van der Waals surface area contributed by atoms with Crippen molar-refractivity contribution in [3.63, 3.8) is 0 Å². The van der Waals surface area contributed by atoms with Gasteiger partial charge in [-0.2, -0.15) is 0 Å². The Morgan fingerprint density at radius 2 is 2.19 bits per heavy atom. The van der Waals surface area contributed by atoms with Crippen LogP contribution in [0.4, 0.5) is 4.39 Å². The Kier molecular flexibility index (Phi) is 2.28. The minimum Gasteiger partial charge on any atom is -0.316 e. The van der Waals surface area contributed by atoms with Crippen LogP contribution in [0.3, 0.4) is 0 Å². The molecule has 0 amide bonds. The van der Waals surface area contributed by atoms with Crippen LogP contribution in [0, 0.1) is 18.7 Å². The van der Waals surface area contributed by atoms with E-state index in [2.05, 4.69) is 11.4 Å². The van der Waals surface area contributed by atoms with Crippen molar-refractivity contribution in [1.29, 1.82) is 0 Å². The minimum atomic E-state index is -0.0795. The highest BCUT2D eigenvalue weighted by Crippen LogP contribution is 2.55. The topological polar surface area (TPSA) is 12.0 Å². The number of aryl methyl sites for hydroxylation is 1. The molecular formula is C14H18FN. The van der Waals surface area contributed by atoms with Gasteiger partial charge in [0.25, 0.3) is 0 Å². The standard InChI is InChI=1S/C14H18FN/c1-10-8-11(2-3-13(10)15)14(5-6-14)12-4-7-16-9-12/h2-3,8,12,16H,4-7,9H2,1H3. The second-order valence-corrected chi connectivity index (χ2v) is 5.31. The van der Waals surface area contributed by atoms with Crippen LogP contribution in [0.5, 0.6) is 0 Å². The summed E-state index contributed by atoms with van der Waals surface area (Å²) in [5, 5.41) is 3.44. The van der Waals surface area contributed by atoms with Gasteiger partial charge >= 0.3 is 0 Å². The fraction of sp³-hybridized carbons (Fsp3) is 0.571. The Hall–Kier alpha value is -0.890. The van der Waals surface area contributed by atoms with Crippen molar-refractivity contribution in [2.75, 3.05) is 13.1 Å². The van der Waals surface area contributed by atoms with Gasteiger partial charge in [-0.1, -0.05) is 12.1 Å². The Labute approximate surface area is 96.1 Å². The molecule has 1 unspecified atom stereocenters. The zero-order chi connectivity index (χ0) is 11.2. The lowest BCUT2D eigenvalue weighted by Crippen LogP contribution is -2.23. The quantitative estimate of drug-likeness (QED) is 0.806. The highest BCUT2D eigenvalue weighted by Gasteiger charge is 2.50. The molecule has 0 radical (unpaired) electrons. The van der Waals surface area contributed by atoms with Crippen LogP contribution >= 0.6 is 0 Å². The van der Waals surface area contributed by atoms with E-state index in [1.54, 1.807) is 6.07 Å². The summed E-state index contributed by atoms with van der Waals surface area (Å²) in [5.41, 5.74) is 2.52. The van der Waals surface area contributed by atoms with Gasteiger partial charge in [-0.15, -0.1) is 0 Å². The number of halogens is 1. The van der Waals surface area contributed by atoms with E-state index in [1.807, 2.05) is 13.0 Å². The smallest absolute Gasteiger partial charge is 0.126 e. The van der Waals surface area contributed by atoms with Crippen LogP contribution in [0.25, 0.3) is 0 Å². The molecule has 1 aromatic carbocycles. The molecule has 0 bridgehead atoms. The van der Waals surface area contributed by atoms with Crippen LogP contribution in [0.1, 0.15) is 30.4 Å². The molecule has 0 aromatic heterocycles. The minimum absolute atomic E-state index is 0.0795. The molecule has 1 saturated heterocycles. The predicted octanol–water partition coefficient (Wildman–Crippen LogP) is 2.78. The third-order valence-electron chi connectivity index (χ3n) is 4.36. The molecule has 1 atom stereocenters. The van der Waals surface area contributed by atoms with E-state index < -0.39 is 0 Å². The first kappa shape index (κ1) is 10.3. The van der Waals surface area contributed by atoms with E-state index >= 15 is 0 Å². The molecule has 1 nitrogen and oxygen atoms in total. The van der Waals surface area contributed by atoms with Crippen molar-refractivity contribution in [3.8, 4) is 0 Å². The Balaban J connectivity index is 1.93. The second kappa shape index (κ2) is 3.56. The van der Waals surface area contributed by atoms with Crippen LogP contribution in [0.15, 0.2) is 18.2 Å². The van der Waals surface area contributed by atoms with E-state index in [0.717, 1.165) is 24.6 Å². The van der Waals surface area contributed by atoms with Gasteiger partial charge in [0.15, 0.2) is 0 Å². The molecule has 1 aliphatic heterocycles. The van der Waals surface area contributed by atoms with Gasteiger partial charge in [-0.25, -0.2) is 4.39 Å². The maximum atomic E-state index is 13.3. The third-order valence-corrected chi connectivity index (χ3v) is 4.36. The van der Waals surface area contributed by atoms with E-state index in [9.17, 15) is 4.39 Å². The molecule has 86 valence electrons. The summed E-state index contributed by atoms with van der Waals surface area (Å²) >= 11 is 0. The van der Waals surface area contributed by atoms with Crippen molar-refractivity contribution in [1.82, 2.24) is 5.32 Å². The first-order chi connectivity index (χ1) is 7.72. The van der Waals surface area contributed by atoms with Crippen molar-refractivity contribution < 1.29 is 4.39 Å². The van der Waals surface area contributed by atoms with Crippen LogP contribution in [-0.2, 0) is 5.41 Å². The Morgan fingerprint density at radius 3 is 2.75 bits per heavy atom. The number of nitrogens with one attached hydrogen (secondary N) is 1. The van der Waals surface area contributed by atoms with Gasteiger partial charge in [0.05, 0.1) is 0 Å². The van der Waals surface area contributed by atoms with E-state index in [-0.39, 0.29) is 5.82 Å². The largest absolute Gasteiger partial charge is 0.316 e. The first-order valence-corrected chi connectivity index (χ1v) is 6.20. The molecule has 1 heterocycles. The van der Waals surface area contributed by atoms with Gasteiger partial charge < -0.3 is 5.32 Å². The number of hydrogen-bond acceptors (Lipinski definition) is 1. The molecule has 3 rings (SSSR count). The maximum absolute atomic E-state index is 13.3. The molecule has 2 aliphatic rings. The number of hydrogen-bond donors (Lipinski definition) is 1. The van der Waals surface area contributed by atoms with Crippen molar-refractivity contribution >= 4 is 0 Å². The summed E-state index contributed by atoms with van der Waals surface area (Å²) in [7, 11) is 0. The average molecular weight is 219 g/mol. The van der Waals surface area contributed by atoms with E-state index in [0.29, 0.717) is 5.41 Å². The average Bonchev–Trinajstić information content (AvgIpc) is 2.90. The van der Waals surface area contributed by atoms with Crippen LogP contribution in [0.2, 0.25) is 0 Å². The lowest BCUT2D eigenvalue weighted by molar-refractivity contribution is 0.438. The SMILES string of the molecule is Cc1cc(C2(C3CCNC3)CC2)ccc1F. The van der Waals surface area contributed by atoms with Gasteiger partial charge in [-0.3, -0.25) is 0 Å². The van der Waals surface area contributed by atoms with Gasteiger partial charge in [0, 0.05) is 0 Å². The Bertz CT molecular complexity index is 403. The van der Waals surface area contributed by atoms with Crippen LogP contribution < -0.4 is 5.32 Å². The van der Waals surface area contributed by atoms with Crippen molar-refractivity contribution in [2.45, 2.75) is 31.6 Å². The zero-order valence-corrected chi connectivity index (χ0v) is 9.72. The zero-order valence-electron chi connectivity index (χ0n) is 9.72. The molecule has 2 heteroatoms. The molecule has 1 aliphatic carbocycles. The maximum Gasteiger partial charge on any atom is 0.126 e. The van der Waals surface area contributed by atoms with E-state index in [4.69, 9.17) is 0 Å². The number of benzene rings is 1. The van der Waals surface area contributed by atoms with Gasteiger partial charge in [-0.05, 0) is 67.8 Å². The third kappa shape index (κ3) is 1.47. The summed E-state index contributed by atoms with van der Waals surface area (Å²) in [4.78, 5) is 0. The van der Waals surface area contributed by atoms with E-state index in [1.165, 1.54) is 24.8 Å². The highest BCUT2D eigenvalue weighted by molar-refractivity contribution is 5.36. The lowest BCUT2D eigenvalue weighted by Gasteiger charge is -2.23. The van der Waals surface area contributed by atoms with Crippen LogP contribution in [-0.4, -0.2) is 13.1 Å². The molecule has 1 saturated carbocycles. The molecule has 1 N–H and O–H groups in total. The highest BCUT2D eigenvalue weighted by atomic mass is 19.1. The molecule has 0 spiro atoms. The number of rotatable bonds is 2. The first-order valence-electron chi connectivity index (χ1n) is 6.20. The second-order valence-electron chi connectivity index (χ2n) is 5.31. The molecule has 2 fully saturated rings.